The molecule has 1 rings (SSSR count). The van der Waals surface area contributed by atoms with Gasteiger partial charge in [0, 0.05) is 24.7 Å². The number of sulfone groups is 1. The molecule has 1 atom stereocenters. The molecule has 1 amide bonds. The van der Waals surface area contributed by atoms with E-state index >= 15 is 0 Å². The first kappa shape index (κ1) is 15.8. The van der Waals surface area contributed by atoms with Crippen molar-refractivity contribution in [2.45, 2.75) is 43.7 Å². The van der Waals surface area contributed by atoms with Gasteiger partial charge in [-0.15, -0.1) is 11.6 Å². The van der Waals surface area contributed by atoms with Gasteiger partial charge in [0.1, 0.15) is 4.75 Å². The summed E-state index contributed by atoms with van der Waals surface area (Å²) >= 11 is 6.05. The second-order valence-corrected chi connectivity index (χ2v) is 8.84. The van der Waals surface area contributed by atoms with Gasteiger partial charge in [-0.2, -0.15) is 0 Å². The van der Waals surface area contributed by atoms with Gasteiger partial charge < -0.3 is 4.90 Å². The Morgan fingerprint density at radius 2 is 1.78 bits per heavy atom. The molecule has 0 saturated carbocycles. The molecule has 6 heteroatoms. The van der Waals surface area contributed by atoms with Crippen molar-refractivity contribution >= 4 is 27.3 Å². The molecule has 1 heterocycles. The standard InChI is InChI=1S/C12H22ClNO3S/c1-9(13)10-5-7-14(8-6-10)11(15)12(2,3)18(4,16)17/h9-10H,5-8H2,1-4H3. The van der Waals surface area contributed by atoms with Crippen LogP contribution in [0.25, 0.3) is 0 Å². The molecule has 1 fully saturated rings. The average Bonchev–Trinajstić information content (AvgIpc) is 2.26. The van der Waals surface area contributed by atoms with Crippen LogP contribution in [0.2, 0.25) is 0 Å². The first-order valence-corrected chi connectivity index (χ1v) is 8.53. The molecule has 0 aromatic rings. The number of carbonyl (C=O) groups excluding carboxylic acids is 1. The Balaban J connectivity index is 2.72. The lowest BCUT2D eigenvalue weighted by Crippen LogP contribution is -2.52. The molecule has 0 aromatic heterocycles. The van der Waals surface area contributed by atoms with Gasteiger partial charge in [0.2, 0.25) is 5.91 Å². The lowest BCUT2D eigenvalue weighted by Gasteiger charge is -2.37. The molecule has 1 unspecified atom stereocenters. The Bertz CT molecular complexity index is 409. The van der Waals surface area contributed by atoms with Crippen molar-refractivity contribution in [3.8, 4) is 0 Å². The predicted octanol–water partition coefficient (Wildman–Crippen LogP) is 1.68. The second kappa shape index (κ2) is 5.37. The third-order valence-corrected chi connectivity index (χ3v) is 6.30. The fourth-order valence-electron chi connectivity index (χ4n) is 2.10. The van der Waals surface area contributed by atoms with Gasteiger partial charge in [-0.3, -0.25) is 4.79 Å². The fraction of sp³-hybridized carbons (Fsp3) is 0.917. The second-order valence-electron chi connectivity index (χ2n) is 5.59. The first-order chi connectivity index (χ1) is 8.07. The molecule has 18 heavy (non-hydrogen) atoms. The van der Waals surface area contributed by atoms with E-state index in [1.165, 1.54) is 13.8 Å². The van der Waals surface area contributed by atoms with E-state index in [1.54, 1.807) is 4.90 Å². The van der Waals surface area contributed by atoms with Crippen molar-refractivity contribution in [2.24, 2.45) is 5.92 Å². The molecule has 0 radical (unpaired) electrons. The van der Waals surface area contributed by atoms with Crippen molar-refractivity contribution < 1.29 is 13.2 Å². The van der Waals surface area contributed by atoms with Crippen LogP contribution < -0.4 is 0 Å². The minimum absolute atomic E-state index is 0.102. The molecule has 0 N–H and O–H groups in total. The number of amides is 1. The Kier molecular flexibility index (Phi) is 4.70. The molecule has 0 aromatic carbocycles. The van der Waals surface area contributed by atoms with Crippen LogP contribution in [0.15, 0.2) is 0 Å². The topological polar surface area (TPSA) is 54.5 Å². The average molecular weight is 296 g/mol. The van der Waals surface area contributed by atoms with E-state index in [0.29, 0.717) is 19.0 Å². The maximum atomic E-state index is 12.3. The highest BCUT2D eigenvalue weighted by molar-refractivity contribution is 7.92. The summed E-state index contributed by atoms with van der Waals surface area (Å²) in [6, 6.07) is 0. The van der Waals surface area contributed by atoms with Crippen LogP contribution in [-0.4, -0.2) is 48.7 Å². The molecule has 0 aliphatic carbocycles. The third-order valence-electron chi connectivity index (χ3n) is 3.92. The SMILES string of the molecule is CC(Cl)C1CCN(C(=O)C(C)(C)S(C)(=O)=O)CC1. The minimum Gasteiger partial charge on any atom is -0.341 e. The van der Waals surface area contributed by atoms with Crippen molar-refractivity contribution in [1.82, 2.24) is 4.90 Å². The van der Waals surface area contributed by atoms with Crippen molar-refractivity contribution in [3.05, 3.63) is 0 Å². The third kappa shape index (κ3) is 3.18. The van der Waals surface area contributed by atoms with Crippen molar-refractivity contribution in [1.29, 1.82) is 0 Å². The van der Waals surface area contributed by atoms with E-state index in [2.05, 4.69) is 0 Å². The highest BCUT2D eigenvalue weighted by Gasteiger charge is 2.42. The van der Waals surface area contributed by atoms with Crippen LogP contribution >= 0.6 is 11.6 Å². The Labute approximate surface area is 115 Å². The summed E-state index contributed by atoms with van der Waals surface area (Å²) in [7, 11) is -3.40. The maximum Gasteiger partial charge on any atom is 0.243 e. The van der Waals surface area contributed by atoms with E-state index < -0.39 is 14.6 Å². The van der Waals surface area contributed by atoms with E-state index in [-0.39, 0.29) is 11.3 Å². The smallest absolute Gasteiger partial charge is 0.243 e. The number of piperidine rings is 1. The van der Waals surface area contributed by atoms with Crippen LogP contribution in [-0.2, 0) is 14.6 Å². The lowest BCUT2D eigenvalue weighted by molar-refractivity contribution is -0.134. The Morgan fingerprint density at radius 3 is 2.11 bits per heavy atom. The Morgan fingerprint density at radius 1 is 1.33 bits per heavy atom. The van der Waals surface area contributed by atoms with E-state index in [4.69, 9.17) is 11.6 Å². The zero-order valence-corrected chi connectivity index (χ0v) is 13.0. The van der Waals surface area contributed by atoms with Crippen LogP contribution in [0.3, 0.4) is 0 Å². The normalized spacial score (nSPS) is 20.8. The maximum absolute atomic E-state index is 12.3. The zero-order chi connectivity index (χ0) is 14.1. The van der Waals surface area contributed by atoms with Crippen molar-refractivity contribution in [3.63, 3.8) is 0 Å². The highest BCUT2D eigenvalue weighted by Crippen LogP contribution is 2.27. The van der Waals surface area contributed by atoms with Gasteiger partial charge in [-0.05, 0) is 39.5 Å². The molecule has 0 bridgehead atoms. The molecule has 1 saturated heterocycles. The Hall–Kier alpha value is -0.290. The van der Waals surface area contributed by atoms with Crippen LogP contribution in [0, 0.1) is 5.92 Å². The number of likely N-dealkylation sites (tertiary alicyclic amines) is 1. The molecular formula is C12H22ClNO3S. The number of hydrogen-bond donors (Lipinski definition) is 0. The van der Waals surface area contributed by atoms with Gasteiger partial charge in [0.15, 0.2) is 9.84 Å². The summed E-state index contributed by atoms with van der Waals surface area (Å²) in [5.41, 5.74) is 0. The lowest BCUT2D eigenvalue weighted by atomic mass is 9.93. The van der Waals surface area contributed by atoms with Gasteiger partial charge in [-0.1, -0.05) is 0 Å². The minimum atomic E-state index is -3.40. The molecule has 4 nitrogen and oxygen atoms in total. The summed E-state index contributed by atoms with van der Waals surface area (Å²) in [5.74, 6) is 0.114. The summed E-state index contributed by atoms with van der Waals surface area (Å²) in [5, 5.41) is 0.102. The molecular weight excluding hydrogens is 274 g/mol. The highest BCUT2D eigenvalue weighted by atomic mass is 35.5. The van der Waals surface area contributed by atoms with E-state index in [1.807, 2.05) is 6.92 Å². The molecule has 1 aliphatic rings. The van der Waals surface area contributed by atoms with E-state index in [9.17, 15) is 13.2 Å². The van der Waals surface area contributed by atoms with Gasteiger partial charge in [0.05, 0.1) is 0 Å². The zero-order valence-electron chi connectivity index (χ0n) is 11.4. The number of carbonyl (C=O) groups is 1. The van der Waals surface area contributed by atoms with Crippen molar-refractivity contribution in [2.75, 3.05) is 19.3 Å². The molecule has 106 valence electrons. The summed E-state index contributed by atoms with van der Waals surface area (Å²) in [4.78, 5) is 13.9. The summed E-state index contributed by atoms with van der Waals surface area (Å²) in [6.45, 7) is 6.10. The monoisotopic (exact) mass is 295 g/mol. The predicted molar refractivity (Wildman–Crippen MR) is 73.5 cm³/mol. The van der Waals surface area contributed by atoms with Gasteiger partial charge in [0.25, 0.3) is 0 Å². The van der Waals surface area contributed by atoms with Gasteiger partial charge >= 0.3 is 0 Å². The number of rotatable bonds is 3. The summed E-state index contributed by atoms with van der Waals surface area (Å²) in [6.07, 6.45) is 2.80. The van der Waals surface area contributed by atoms with Gasteiger partial charge in [-0.25, -0.2) is 8.42 Å². The van der Waals surface area contributed by atoms with Crippen LogP contribution in [0.4, 0.5) is 0 Å². The number of alkyl halides is 1. The molecule has 1 aliphatic heterocycles. The summed E-state index contributed by atoms with van der Waals surface area (Å²) < 4.78 is 21.9. The fourth-order valence-corrected chi connectivity index (χ4v) is 2.80. The quantitative estimate of drug-likeness (QED) is 0.744. The van der Waals surface area contributed by atoms with Crippen LogP contribution in [0.1, 0.15) is 33.6 Å². The molecule has 0 spiro atoms. The number of hydrogen-bond acceptors (Lipinski definition) is 3. The largest absolute Gasteiger partial charge is 0.341 e. The first-order valence-electron chi connectivity index (χ1n) is 6.20. The van der Waals surface area contributed by atoms with E-state index in [0.717, 1.165) is 19.1 Å². The number of halogens is 1. The number of nitrogens with zero attached hydrogens (tertiary/aromatic N) is 1. The van der Waals surface area contributed by atoms with Crippen LogP contribution in [0.5, 0.6) is 0 Å².